The van der Waals surface area contributed by atoms with E-state index < -0.39 is 11.7 Å². The first-order valence-corrected chi connectivity index (χ1v) is 7.42. The van der Waals surface area contributed by atoms with Gasteiger partial charge >= 0.3 is 6.18 Å². The smallest absolute Gasteiger partial charge is 0.273 e. The third-order valence-corrected chi connectivity index (χ3v) is 3.12. The van der Waals surface area contributed by atoms with Gasteiger partial charge in [-0.25, -0.2) is 5.43 Å². The number of carbonyl (C=O) groups excluding carboxylic acids is 1. The summed E-state index contributed by atoms with van der Waals surface area (Å²) in [6.07, 6.45) is 2.42. The molecule has 1 aromatic rings. The first-order valence-electron chi connectivity index (χ1n) is 7.42. The van der Waals surface area contributed by atoms with Crippen LogP contribution in [0.2, 0.25) is 0 Å². The van der Waals surface area contributed by atoms with Gasteiger partial charge in [-0.15, -0.1) is 0 Å². The van der Waals surface area contributed by atoms with Crippen LogP contribution in [0.15, 0.2) is 29.4 Å². The third-order valence-electron chi connectivity index (χ3n) is 3.12. The van der Waals surface area contributed by atoms with Crippen LogP contribution in [-0.2, 0) is 11.0 Å². The zero-order valence-electron chi connectivity index (χ0n) is 12.6. The van der Waals surface area contributed by atoms with Crippen molar-refractivity contribution >= 4 is 12.1 Å². The molecule has 122 valence electrons. The van der Waals surface area contributed by atoms with E-state index in [1.54, 1.807) is 0 Å². The molecule has 1 aromatic carbocycles. The van der Waals surface area contributed by atoms with E-state index in [1.807, 2.05) is 0 Å². The van der Waals surface area contributed by atoms with Crippen molar-refractivity contribution in [2.45, 2.75) is 51.6 Å². The molecule has 0 heterocycles. The molecule has 0 fully saturated rings. The Morgan fingerprint density at radius 1 is 1.23 bits per heavy atom. The fourth-order valence-corrected chi connectivity index (χ4v) is 1.92. The van der Waals surface area contributed by atoms with Crippen LogP contribution < -0.4 is 5.43 Å². The molecule has 0 saturated carbocycles. The molecule has 0 aliphatic carbocycles. The van der Waals surface area contributed by atoms with Crippen molar-refractivity contribution in [2.75, 3.05) is 0 Å². The molecule has 0 saturated heterocycles. The minimum atomic E-state index is -4.38. The Bertz CT molecular complexity index is 498. The number of hydrazone groups is 1. The van der Waals surface area contributed by atoms with E-state index in [9.17, 15) is 18.0 Å². The lowest BCUT2D eigenvalue weighted by atomic mass is 10.1. The van der Waals surface area contributed by atoms with E-state index >= 15 is 0 Å². The number of alkyl halides is 3. The molecule has 0 aliphatic rings. The highest BCUT2D eigenvalue weighted by atomic mass is 19.4. The van der Waals surface area contributed by atoms with E-state index in [2.05, 4.69) is 17.5 Å². The number of rotatable bonds is 8. The Balaban J connectivity index is 2.38. The van der Waals surface area contributed by atoms with Crippen LogP contribution >= 0.6 is 0 Å². The predicted octanol–water partition coefficient (Wildman–Crippen LogP) is 4.52. The molecular formula is C16H21F3N2O. The SMILES string of the molecule is CCCCCCCC(=O)N/N=C/c1cccc(C(F)(F)F)c1. The summed E-state index contributed by atoms with van der Waals surface area (Å²) < 4.78 is 37.6. The van der Waals surface area contributed by atoms with Crippen molar-refractivity contribution in [2.24, 2.45) is 5.10 Å². The standard InChI is InChI=1S/C16H21F3N2O/c1-2-3-4-5-6-10-15(22)21-20-12-13-8-7-9-14(11-13)16(17,18)19/h7-9,11-12H,2-6,10H2,1H3,(H,21,22)/b20-12+. The number of halogens is 3. The van der Waals surface area contributed by atoms with Crippen molar-refractivity contribution in [1.29, 1.82) is 0 Å². The molecule has 0 atom stereocenters. The Morgan fingerprint density at radius 3 is 2.64 bits per heavy atom. The van der Waals surface area contributed by atoms with Gasteiger partial charge in [-0.3, -0.25) is 4.79 Å². The minimum absolute atomic E-state index is 0.222. The average molecular weight is 314 g/mol. The molecular weight excluding hydrogens is 293 g/mol. The first-order chi connectivity index (χ1) is 10.4. The molecule has 0 bridgehead atoms. The largest absolute Gasteiger partial charge is 0.416 e. The second-order valence-corrected chi connectivity index (χ2v) is 5.08. The van der Waals surface area contributed by atoms with Gasteiger partial charge in [0.1, 0.15) is 0 Å². The summed E-state index contributed by atoms with van der Waals surface area (Å²) >= 11 is 0. The maximum absolute atomic E-state index is 12.5. The van der Waals surface area contributed by atoms with Gasteiger partial charge in [-0.05, 0) is 24.1 Å². The molecule has 0 radical (unpaired) electrons. The number of unbranched alkanes of at least 4 members (excludes halogenated alkanes) is 4. The topological polar surface area (TPSA) is 41.5 Å². The highest BCUT2D eigenvalue weighted by molar-refractivity contribution is 5.82. The summed E-state index contributed by atoms with van der Waals surface area (Å²) in [5.74, 6) is -0.222. The monoisotopic (exact) mass is 314 g/mol. The number of nitrogens with one attached hydrogen (secondary N) is 1. The van der Waals surface area contributed by atoms with Crippen molar-refractivity contribution in [3.8, 4) is 0 Å². The highest BCUT2D eigenvalue weighted by Gasteiger charge is 2.30. The molecule has 22 heavy (non-hydrogen) atoms. The number of carbonyl (C=O) groups is 1. The van der Waals surface area contributed by atoms with Crippen molar-refractivity contribution in [3.05, 3.63) is 35.4 Å². The number of amides is 1. The van der Waals surface area contributed by atoms with Crippen LogP contribution in [0.3, 0.4) is 0 Å². The van der Waals surface area contributed by atoms with Crippen LogP contribution in [0.1, 0.15) is 56.6 Å². The molecule has 0 spiro atoms. The molecule has 1 rings (SSSR count). The van der Waals surface area contributed by atoms with E-state index in [0.717, 1.165) is 44.2 Å². The molecule has 1 N–H and O–H groups in total. The van der Waals surface area contributed by atoms with Gasteiger partial charge in [-0.2, -0.15) is 18.3 Å². The highest BCUT2D eigenvalue weighted by Crippen LogP contribution is 2.29. The van der Waals surface area contributed by atoms with E-state index in [4.69, 9.17) is 0 Å². The van der Waals surface area contributed by atoms with Crippen molar-refractivity contribution < 1.29 is 18.0 Å². The summed E-state index contributed by atoms with van der Waals surface area (Å²) in [4.78, 5) is 11.5. The summed E-state index contributed by atoms with van der Waals surface area (Å²) in [6, 6.07) is 4.78. The fourth-order valence-electron chi connectivity index (χ4n) is 1.92. The second-order valence-electron chi connectivity index (χ2n) is 5.08. The maximum Gasteiger partial charge on any atom is 0.416 e. The lowest BCUT2D eigenvalue weighted by Crippen LogP contribution is -2.17. The maximum atomic E-state index is 12.5. The Hall–Kier alpha value is -1.85. The van der Waals surface area contributed by atoms with E-state index in [-0.39, 0.29) is 11.5 Å². The van der Waals surface area contributed by atoms with Gasteiger partial charge < -0.3 is 0 Å². The lowest BCUT2D eigenvalue weighted by Gasteiger charge is -2.06. The zero-order chi connectivity index (χ0) is 16.4. The molecule has 1 amide bonds. The number of nitrogens with zero attached hydrogens (tertiary/aromatic N) is 1. The summed E-state index contributed by atoms with van der Waals surface area (Å²) in [7, 11) is 0. The summed E-state index contributed by atoms with van der Waals surface area (Å²) in [5.41, 5.74) is 1.88. The normalized spacial score (nSPS) is 11.8. The predicted molar refractivity (Wildman–Crippen MR) is 80.6 cm³/mol. The van der Waals surface area contributed by atoms with Crippen LogP contribution in [-0.4, -0.2) is 12.1 Å². The molecule has 0 aliphatic heterocycles. The Morgan fingerprint density at radius 2 is 1.95 bits per heavy atom. The Labute approximate surface area is 128 Å². The van der Waals surface area contributed by atoms with Crippen LogP contribution in [0.5, 0.6) is 0 Å². The quantitative estimate of drug-likeness (QED) is 0.428. The molecule has 0 aromatic heterocycles. The van der Waals surface area contributed by atoms with Gasteiger partial charge in [0.05, 0.1) is 11.8 Å². The fraction of sp³-hybridized carbons (Fsp3) is 0.500. The first kappa shape index (κ1) is 18.2. The average Bonchev–Trinajstić information content (AvgIpc) is 2.46. The van der Waals surface area contributed by atoms with Gasteiger partial charge in [0.2, 0.25) is 5.91 Å². The van der Waals surface area contributed by atoms with Gasteiger partial charge in [0.15, 0.2) is 0 Å². The molecule has 0 unspecified atom stereocenters. The van der Waals surface area contributed by atoms with Gasteiger partial charge in [-0.1, -0.05) is 44.7 Å². The number of hydrogen-bond donors (Lipinski definition) is 1. The summed E-state index contributed by atoms with van der Waals surface area (Å²) in [5, 5.41) is 3.69. The van der Waals surface area contributed by atoms with E-state index in [1.165, 1.54) is 18.3 Å². The molecule has 3 nitrogen and oxygen atoms in total. The van der Waals surface area contributed by atoms with Crippen LogP contribution in [0.4, 0.5) is 13.2 Å². The van der Waals surface area contributed by atoms with Crippen LogP contribution in [0, 0.1) is 0 Å². The lowest BCUT2D eigenvalue weighted by molar-refractivity contribution is -0.137. The van der Waals surface area contributed by atoms with Crippen molar-refractivity contribution in [1.82, 2.24) is 5.43 Å². The van der Waals surface area contributed by atoms with Crippen LogP contribution in [0.25, 0.3) is 0 Å². The van der Waals surface area contributed by atoms with Gasteiger partial charge in [0, 0.05) is 6.42 Å². The number of hydrogen-bond acceptors (Lipinski definition) is 2. The molecule has 6 heteroatoms. The van der Waals surface area contributed by atoms with Crippen molar-refractivity contribution in [3.63, 3.8) is 0 Å². The minimum Gasteiger partial charge on any atom is -0.273 e. The number of benzene rings is 1. The Kier molecular flexibility index (Phi) is 7.63. The zero-order valence-corrected chi connectivity index (χ0v) is 12.6. The second kappa shape index (κ2) is 9.23. The van der Waals surface area contributed by atoms with Gasteiger partial charge in [0.25, 0.3) is 0 Å². The summed E-state index contributed by atoms with van der Waals surface area (Å²) in [6.45, 7) is 2.12. The third kappa shape index (κ3) is 7.24. The van der Waals surface area contributed by atoms with E-state index in [0.29, 0.717) is 6.42 Å².